The molecule has 2 fully saturated rings. The number of fused-ring (bicyclic) bond motifs is 1. The van der Waals surface area contributed by atoms with Gasteiger partial charge in [0, 0.05) is 31.7 Å². The van der Waals surface area contributed by atoms with Crippen LogP contribution in [0.2, 0.25) is 0 Å². The van der Waals surface area contributed by atoms with Gasteiger partial charge in [0.25, 0.3) is 0 Å². The third kappa shape index (κ3) is 2.54. The van der Waals surface area contributed by atoms with E-state index in [2.05, 4.69) is 23.6 Å². The molecule has 2 aliphatic rings. The van der Waals surface area contributed by atoms with Crippen LogP contribution in [0.15, 0.2) is 0 Å². The molecule has 2 heterocycles. The maximum atomic E-state index is 2.76. The highest BCUT2D eigenvalue weighted by Gasteiger charge is 2.32. The van der Waals surface area contributed by atoms with Crippen molar-refractivity contribution >= 4 is 0 Å². The summed E-state index contributed by atoms with van der Waals surface area (Å²) in [6, 6.07) is 1.75. The Kier molecular flexibility index (Phi) is 4.04. The highest BCUT2D eigenvalue weighted by molar-refractivity contribution is 4.88. The molecule has 2 atom stereocenters. The molecule has 88 valence electrons. The van der Waals surface area contributed by atoms with Gasteiger partial charge in [-0.15, -0.1) is 0 Å². The van der Waals surface area contributed by atoms with Crippen molar-refractivity contribution in [2.45, 2.75) is 58.0 Å². The molecule has 0 aromatic heterocycles. The van der Waals surface area contributed by atoms with Gasteiger partial charge in [0.05, 0.1) is 0 Å². The molecule has 15 heavy (non-hydrogen) atoms. The predicted molar refractivity (Wildman–Crippen MR) is 65.2 cm³/mol. The molecule has 0 radical (unpaired) electrons. The smallest absolute Gasteiger partial charge is 0.0224 e. The SMILES string of the molecule is CCCC(CC)N1CCN2CCCC2C1. The van der Waals surface area contributed by atoms with Gasteiger partial charge >= 0.3 is 0 Å². The fraction of sp³-hybridized carbons (Fsp3) is 1.00. The van der Waals surface area contributed by atoms with E-state index in [0.717, 1.165) is 12.1 Å². The summed E-state index contributed by atoms with van der Waals surface area (Å²) in [7, 11) is 0. The zero-order chi connectivity index (χ0) is 10.7. The minimum Gasteiger partial charge on any atom is -0.298 e. The third-order valence-electron chi connectivity index (χ3n) is 4.23. The van der Waals surface area contributed by atoms with E-state index in [-0.39, 0.29) is 0 Å². The molecule has 0 N–H and O–H groups in total. The van der Waals surface area contributed by atoms with Gasteiger partial charge in [-0.2, -0.15) is 0 Å². The molecule has 0 bridgehead atoms. The summed E-state index contributed by atoms with van der Waals surface area (Å²) in [6.45, 7) is 10.0. The Morgan fingerprint density at radius 3 is 2.80 bits per heavy atom. The van der Waals surface area contributed by atoms with Crippen molar-refractivity contribution in [2.24, 2.45) is 0 Å². The lowest BCUT2D eigenvalue weighted by atomic mass is 10.0. The Balaban J connectivity index is 1.87. The van der Waals surface area contributed by atoms with Crippen molar-refractivity contribution in [1.29, 1.82) is 0 Å². The Hall–Kier alpha value is -0.0800. The van der Waals surface area contributed by atoms with Crippen LogP contribution in [0, 0.1) is 0 Å². The first-order valence-electron chi connectivity index (χ1n) is 6.83. The normalized spacial score (nSPS) is 30.4. The van der Waals surface area contributed by atoms with Crippen molar-refractivity contribution < 1.29 is 0 Å². The van der Waals surface area contributed by atoms with E-state index in [1.54, 1.807) is 0 Å². The fourth-order valence-corrected chi connectivity index (χ4v) is 3.32. The van der Waals surface area contributed by atoms with Gasteiger partial charge < -0.3 is 0 Å². The minimum atomic E-state index is 0.859. The highest BCUT2D eigenvalue weighted by Crippen LogP contribution is 2.24. The molecule has 2 saturated heterocycles. The quantitative estimate of drug-likeness (QED) is 0.703. The number of nitrogens with zero attached hydrogens (tertiary/aromatic N) is 2. The molecule has 2 rings (SSSR count). The number of hydrogen-bond donors (Lipinski definition) is 0. The van der Waals surface area contributed by atoms with E-state index in [1.807, 2.05) is 0 Å². The lowest BCUT2D eigenvalue weighted by Gasteiger charge is -2.41. The first-order valence-corrected chi connectivity index (χ1v) is 6.83. The molecule has 0 aromatic carbocycles. The van der Waals surface area contributed by atoms with Crippen LogP contribution in [0.1, 0.15) is 46.0 Å². The molecule has 0 aliphatic carbocycles. The predicted octanol–water partition coefficient (Wildman–Crippen LogP) is 2.35. The second-order valence-corrected chi connectivity index (χ2v) is 5.18. The number of rotatable bonds is 4. The summed E-state index contributed by atoms with van der Waals surface area (Å²) in [5.74, 6) is 0. The lowest BCUT2D eigenvalue weighted by Crippen LogP contribution is -2.53. The zero-order valence-corrected chi connectivity index (χ0v) is 10.4. The summed E-state index contributed by atoms with van der Waals surface area (Å²) in [5.41, 5.74) is 0. The fourth-order valence-electron chi connectivity index (χ4n) is 3.32. The summed E-state index contributed by atoms with van der Waals surface area (Å²) in [5, 5.41) is 0. The van der Waals surface area contributed by atoms with Crippen LogP contribution in [0.4, 0.5) is 0 Å². The maximum Gasteiger partial charge on any atom is 0.0224 e. The van der Waals surface area contributed by atoms with E-state index in [9.17, 15) is 0 Å². The van der Waals surface area contributed by atoms with Crippen molar-refractivity contribution in [3.63, 3.8) is 0 Å². The molecular formula is C13H26N2. The number of piperazine rings is 1. The molecule has 2 heteroatoms. The van der Waals surface area contributed by atoms with Gasteiger partial charge in [0.2, 0.25) is 0 Å². The molecule has 0 amide bonds. The molecule has 2 unspecified atom stereocenters. The largest absolute Gasteiger partial charge is 0.298 e. The van der Waals surface area contributed by atoms with Crippen LogP contribution in [0.3, 0.4) is 0 Å². The van der Waals surface area contributed by atoms with Gasteiger partial charge in [-0.05, 0) is 32.2 Å². The molecule has 0 spiro atoms. The van der Waals surface area contributed by atoms with Crippen LogP contribution < -0.4 is 0 Å². The second-order valence-electron chi connectivity index (χ2n) is 5.18. The van der Waals surface area contributed by atoms with E-state index in [0.29, 0.717) is 0 Å². The molecule has 2 aliphatic heterocycles. The van der Waals surface area contributed by atoms with Gasteiger partial charge in [-0.3, -0.25) is 9.80 Å². The van der Waals surface area contributed by atoms with Gasteiger partial charge in [0.15, 0.2) is 0 Å². The van der Waals surface area contributed by atoms with E-state index in [4.69, 9.17) is 0 Å². The minimum absolute atomic E-state index is 0.859. The van der Waals surface area contributed by atoms with Crippen molar-refractivity contribution in [3.05, 3.63) is 0 Å². The molecule has 0 aromatic rings. The Morgan fingerprint density at radius 1 is 1.20 bits per heavy atom. The van der Waals surface area contributed by atoms with Crippen LogP contribution in [0.25, 0.3) is 0 Å². The highest BCUT2D eigenvalue weighted by atomic mass is 15.3. The maximum absolute atomic E-state index is 2.76. The monoisotopic (exact) mass is 210 g/mol. The summed E-state index contributed by atoms with van der Waals surface area (Å²) in [6.07, 6.45) is 6.94. The summed E-state index contributed by atoms with van der Waals surface area (Å²) in [4.78, 5) is 5.46. The molecular weight excluding hydrogens is 184 g/mol. The lowest BCUT2D eigenvalue weighted by molar-refractivity contribution is 0.0664. The topological polar surface area (TPSA) is 6.48 Å². The average molecular weight is 210 g/mol. The van der Waals surface area contributed by atoms with Crippen LogP contribution in [0.5, 0.6) is 0 Å². The van der Waals surface area contributed by atoms with E-state index < -0.39 is 0 Å². The first kappa shape index (κ1) is 11.4. The van der Waals surface area contributed by atoms with Gasteiger partial charge in [0.1, 0.15) is 0 Å². The standard InChI is InChI=1S/C13H26N2/c1-3-6-12(4-2)15-10-9-14-8-5-7-13(14)11-15/h12-13H,3-11H2,1-2H3. The Morgan fingerprint density at radius 2 is 2.07 bits per heavy atom. The zero-order valence-electron chi connectivity index (χ0n) is 10.4. The third-order valence-corrected chi connectivity index (χ3v) is 4.23. The van der Waals surface area contributed by atoms with Crippen LogP contribution in [-0.2, 0) is 0 Å². The number of hydrogen-bond acceptors (Lipinski definition) is 2. The van der Waals surface area contributed by atoms with Gasteiger partial charge in [-0.1, -0.05) is 20.3 Å². The van der Waals surface area contributed by atoms with Gasteiger partial charge in [-0.25, -0.2) is 0 Å². The van der Waals surface area contributed by atoms with E-state index in [1.165, 1.54) is 58.3 Å². The summed E-state index contributed by atoms with van der Waals surface area (Å²) >= 11 is 0. The van der Waals surface area contributed by atoms with Crippen LogP contribution >= 0.6 is 0 Å². The van der Waals surface area contributed by atoms with Crippen molar-refractivity contribution in [1.82, 2.24) is 9.80 Å². The van der Waals surface area contributed by atoms with E-state index >= 15 is 0 Å². The van der Waals surface area contributed by atoms with Crippen molar-refractivity contribution in [3.8, 4) is 0 Å². The molecule has 2 nitrogen and oxygen atoms in total. The average Bonchev–Trinajstić information content (AvgIpc) is 2.72. The Bertz CT molecular complexity index is 193. The second kappa shape index (κ2) is 5.31. The molecule has 0 saturated carbocycles. The van der Waals surface area contributed by atoms with Crippen molar-refractivity contribution in [2.75, 3.05) is 26.2 Å². The van der Waals surface area contributed by atoms with Crippen LogP contribution in [-0.4, -0.2) is 48.1 Å². The first-order chi connectivity index (χ1) is 7.35. The summed E-state index contributed by atoms with van der Waals surface area (Å²) < 4.78 is 0. The Labute approximate surface area is 94.6 Å².